The van der Waals surface area contributed by atoms with Crippen molar-refractivity contribution in [3.05, 3.63) is 23.8 Å². The summed E-state index contributed by atoms with van der Waals surface area (Å²) in [6.45, 7) is 3.70. The third kappa shape index (κ3) is 4.44. The van der Waals surface area contributed by atoms with E-state index in [1.165, 1.54) is 4.90 Å². The Labute approximate surface area is 114 Å². The number of carbonyl (C=O) groups is 1. The van der Waals surface area contributed by atoms with Crippen molar-refractivity contribution in [3.63, 3.8) is 0 Å². The summed E-state index contributed by atoms with van der Waals surface area (Å²) in [4.78, 5) is 13.6. The SMILES string of the molecule is CC(O)CC(C)Nc1cc(N)ccc1C(=O)N(C)C. The standard InChI is InChI=1S/C14H23N3O2/c1-9(7-10(2)18)16-13-8-11(15)5-6-12(13)14(19)17(3)4/h5-6,8-10,16,18H,7,15H2,1-4H3. The van der Waals surface area contributed by atoms with Crippen LogP contribution in [0.3, 0.4) is 0 Å². The van der Waals surface area contributed by atoms with Crippen LogP contribution in [0.25, 0.3) is 0 Å². The molecule has 0 aliphatic heterocycles. The van der Waals surface area contributed by atoms with Crippen LogP contribution < -0.4 is 11.1 Å². The van der Waals surface area contributed by atoms with Gasteiger partial charge in [-0.15, -0.1) is 0 Å². The van der Waals surface area contributed by atoms with Crippen LogP contribution >= 0.6 is 0 Å². The van der Waals surface area contributed by atoms with Crippen LogP contribution in [0, 0.1) is 0 Å². The van der Waals surface area contributed by atoms with Crippen molar-refractivity contribution >= 4 is 17.3 Å². The summed E-state index contributed by atoms with van der Waals surface area (Å²) in [5.41, 5.74) is 7.65. The zero-order valence-corrected chi connectivity index (χ0v) is 12.0. The van der Waals surface area contributed by atoms with Gasteiger partial charge in [-0.3, -0.25) is 4.79 Å². The summed E-state index contributed by atoms with van der Waals surface area (Å²) in [7, 11) is 3.42. The molecule has 1 amide bonds. The first-order chi connectivity index (χ1) is 8.81. The molecule has 2 unspecified atom stereocenters. The van der Waals surface area contributed by atoms with Gasteiger partial charge in [0.15, 0.2) is 0 Å². The lowest BCUT2D eigenvalue weighted by Gasteiger charge is -2.20. The Kier molecular flexibility index (Phi) is 5.18. The number of nitrogens with two attached hydrogens (primary N) is 1. The molecule has 0 bridgehead atoms. The Balaban J connectivity index is 2.97. The molecule has 19 heavy (non-hydrogen) atoms. The summed E-state index contributed by atoms with van der Waals surface area (Å²) >= 11 is 0. The van der Waals surface area contributed by atoms with Crippen molar-refractivity contribution in [1.82, 2.24) is 4.90 Å². The first-order valence-electron chi connectivity index (χ1n) is 6.37. The van der Waals surface area contributed by atoms with Gasteiger partial charge in [0.2, 0.25) is 0 Å². The van der Waals surface area contributed by atoms with E-state index in [2.05, 4.69) is 5.32 Å². The van der Waals surface area contributed by atoms with E-state index in [-0.39, 0.29) is 11.9 Å². The number of carbonyl (C=O) groups excluding carboxylic acids is 1. The van der Waals surface area contributed by atoms with E-state index in [1.54, 1.807) is 39.2 Å². The van der Waals surface area contributed by atoms with Crippen LogP contribution in [-0.4, -0.2) is 42.2 Å². The van der Waals surface area contributed by atoms with E-state index >= 15 is 0 Å². The van der Waals surface area contributed by atoms with Crippen LogP contribution in [0.1, 0.15) is 30.6 Å². The molecule has 0 aliphatic carbocycles. The molecule has 0 fully saturated rings. The fourth-order valence-corrected chi connectivity index (χ4v) is 1.94. The number of anilines is 2. The third-order valence-corrected chi connectivity index (χ3v) is 2.78. The molecule has 0 aromatic heterocycles. The second kappa shape index (κ2) is 6.43. The van der Waals surface area contributed by atoms with Gasteiger partial charge in [-0.25, -0.2) is 0 Å². The number of amides is 1. The van der Waals surface area contributed by atoms with Crippen molar-refractivity contribution in [2.45, 2.75) is 32.4 Å². The van der Waals surface area contributed by atoms with Crippen LogP contribution in [0.5, 0.6) is 0 Å². The minimum Gasteiger partial charge on any atom is -0.399 e. The van der Waals surface area contributed by atoms with Gasteiger partial charge in [-0.1, -0.05) is 0 Å². The lowest BCUT2D eigenvalue weighted by molar-refractivity contribution is 0.0828. The fourth-order valence-electron chi connectivity index (χ4n) is 1.94. The Morgan fingerprint density at radius 3 is 2.58 bits per heavy atom. The van der Waals surface area contributed by atoms with E-state index in [0.717, 1.165) is 0 Å². The van der Waals surface area contributed by atoms with E-state index in [9.17, 15) is 9.90 Å². The highest BCUT2D eigenvalue weighted by molar-refractivity contribution is 6.00. The molecule has 5 nitrogen and oxygen atoms in total. The van der Waals surface area contributed by atoms with Crippen LogP contribution in [-0.2, 0) is 0 Å². The molecule has 5 heteroatoms. The minimum atomic E-state index is -0.392. The molecule has 4 N–H and O–H groups in total. The second-order valence-corrected chi connectivity index (χ2v) is 5.13. The monoisotopic (exact) mass is 265 g/mol. The molecule has 0 saturated heterocycles. The lowest BCUT2D eigenvalue weighted by atomic mass is 10.1. The highest BCUT2D eigenvalue weighted by Gasteiger charge is 2.15. The number of nitrogen functional groups attached to an aromatic ring is 1. The molecule has 1 rings (SSSR count). The summed E-state index contributed by atoms with van der Waals surface area (Å²) in [6.07, 6.45) is 0.210. The van der Waals surface area contributed by atoms with Crippen LogP contribution in [0.4, 0.5) is 11.4 Å². The van der Waals surface area contributed by atoms with Gasteiger partial charge in [0.1, 0.15) is 0 Å². The van der Waals surface area contributed by atoms with Gasteiger partial charge in [-0.05, 0) is 38.5 Å². The maximum absolute atomic E-state index is 12.1. The topological polar surface area (TPSA) is 78.6 Å². The average Bonchev–Trinajstić information content (AvgIpc) is 2.26. The number of aliphatic hydroxyl groups is 1. The van der Waals surface area contributed by atoms with Crippen molar-refractivity contribution < 1.29 is 9.90 Å². The van der Waals surface area contributed by atoms with Crippen LogP contribution in [0.15, 0.2) is 18.2 Å². The lowest BCUT2D eigenvalue weighted by Crippen LogP contribution is -2.26. The number of benzene rings is 1. The summed E-state index contributed by atoms with van der Waals surface area (Å²) in [5, 5.41) is 12.6. The molecule has 2 atom stereocenters. The maximum Gasteiger partial charge on any atom is 0.255 e. The summed E-state index contributed by atoms with van der Waals surface area (Å²) in [6, 6.07) is 5.22. The number of nitrogens with zero attached hydrogens (tertiary/aromatic N) is 1. The largest absolute Gasteiger partial charge is 0.399 e. The number of hydrogen-bond donors (Lipinski definition) is 3. The van der Waals surface area contributed by atoms with Crippen molar-refractivity contribution in [2.24, 2.45) is 0 Å². The Morgan fingerprint density at radius 1 is 1.42 bits per heavy atom. The molecular weight excluding hydrogens is 242 g/mol. The molecule has 0 heterocycles. The molecule has 106 valence electrons. The van der Waals surface area contributed by atoms with Crippen molar-refractivity contribution in [1.29, 1.82) is 0 Å². The first-order valence-corrected chi connectivity index (χ1v) is 6.37. The molecule has 0 aliphatic rings. The molecule has 1 aromatic carbocycles. The van der Waals surface area contributed by atoms with E-state index < -0.39 is 6.10 Å². The van der Waals surface area contributed by atoms with E-state index in [4.69, 9.17) is 5.73 Å². The van der Waals surface area contributed by atoms with Crippen LogP contribution in [0.2, 0.25) is 0 Å². The Bertz CT molecular complexity index is 444. The predicted octanol–water partition coefficient (Wildman–Crippen LogP) is 1.54. The average molecular weight is 265 g/mol. The van der Waals surface area contributed by atoms with Crippen molar-refractivity contribution in [3.8, 4) is 0 Å². The highest BCUT2D eigenvalue weighted by Crippen LogP contribution is 2.22. The van der Waals surface area contributed by atoms with E-state index in [0.29, 0.717) is 23.4 Å². The Morgan fingerprint density at radius 2 is 2.05 bits per heavy atom. The number of rotatable bonds is 5. The number of aliphatic hydroxyl groups excluding tert-OH is 1. The van der Waals surface area contributed by atoms with Gasteiger partial charge < -0.3 is 21.1 Å². The molecule has 0 radical (unpaired) electrons. The Hall–Kier alpha value is -1.75. The van der Waals surface area contributed by atoms with Crippen molar-refractivity contribution in [2.75, 3.05) is 25.1 Å². The van der Waals surface area contributed by atoms with Gasteiger partial charge in [0.05, 0.1) is 11.7 Å². The quantitative estimate of drug-likeness (QED) is 0.706. The maximum atomic E-state index is 12.1. The molecule has 1 aromatic rings. The fraction of sp³-hybridized carbons (Fsp3) is 0.500. The number of nitrogens with one attached hydrogen (secondary N) is 1. The zero-order valence-electron chi connectivity index (χ0n) is 12.0. The minimum absolute atomic E-state index is 0.0514. The highest BCUT2D eigenvalue weighted by atomic mass is 16.3. The summed E-state index contributed by atoms with van der Waals surface area (Å²) in [5.74, 6) is -0.0771. The molecular formula is C14H23N3O2. The first kappa shape index (κ1) is 15.3. The second-order valence-electron chi connectivity index (χ2n) is 5.13. The van der Waals surface area contributed by atoms with Gasteiger partial charge in [-0.2, -0.15) is 0 Å². The van der Waals surface area contributed by atoms with Gasteiger partial charge >= 0.3 is 0 Å². The third-order valence-electron chi connectivity index (χ3n) is 2.78. The van der Waals surface area contributed by atoms with Gasteiger partial charge in [0.25, 0.3) is 5.91 Å². The zero-order chi connectivity index (χ0) is 14.6. The smallest absolute Gasteiger partial charge is 0.255 e. The normalized spacial score (nSPS) is 13.7. The summed E-state index contributed by atoms with van der Waals surface area (Å²) < 4.78 is 0. The van der Waals surface area contributed by atoms with Gasteiger partial charge in [0, 0.05) is 31.5 Å². The number of hydrogen-bond acceptors (Lipinski definition) is 4. The van der Waals surface area contributed by atoms with E-state index in [1.807, 2.05) is 6.92 Å². The molecule has 0 spiro atoms. The predicted molar refractivity (Wildman–Crippen MR) is 78.3 cm³/mol. The molecule has 0 saturated carbocycles.